The minimum atomic E-state index is -0.0197. The number of amides is 1. The fourth-order valence-corrected chi connectivity index (χ4v) is 2.72. The number of hydrogen-bond acceptors (Lipinski definition) is 5. The molecule has 1 saturated heterocycles. The molecule has 0 unspecified atom stereocenters. The van der Waals surface area contributed by atoms with Crippen LogP contribution in [0.1, 0.15) is 28.8 Å². The highest BCUT2D eigenvalue weighted by Gasteiger charge is 2.25. The molecule has 0 bridgehead atoms. The van der Waals surface area contributed by atoms with Crippen molar-refractivity contribution in [3.8, 4) is 0 Å². The van der Waals surface area contributed by atoms with Crippen LogP contribution in [0.15, 0.2) is 42.9 Å². The lowest BCUT2D eigenvalue weighted by Gasteiger charge is -2.32. The lowest BCUT2D eigenvalue weighted by molar-refractivity contribution is -0.00681. The molecule has 0 spiro atoms. The molecule has 6 nitrogen and oxygen atoms in total. The van der Waals surface area contributed by atoms with E-state index in [1.165, 1.54) is 0 Å². The molecule has 1 aliphatic rings. The molecule has 2 aromatic heterocycles. The molecule has 1 amide bonds. The first-order valence-corrected chi connectivity index (χ1v) is 7.73. The third-order valence-electron chi connectivity index (χ3n) is 3.90. The lowest BCUT2D eigenvalue weighted by Crippen LogP contribution is -2.43. The SMILES string of the molecule is Nc1cc(C(=O)N2CCC[C@@H](OCc3cccnc3)C2)ccn1. The number of nitrogens with two attached hydrogens (primary N) is 1. The standard InChI is InChI=1S/C17H20N4O2/c18-16-9-14(5-7-20-16)17(22)21-8-2-4-15(11-21)23-12-13-3-1-6-19-10-13/h1,3,5-7,9-10,15H,2,4,8,11-12H2,(H2,18,20)/t15-/m1/s1. The molecule has 6 heteroatoms. The van der Waals surface area contributed by atoms with Gasteiger partial charge in [-0.15, -0.1) is 0 Å². The van der Waals surface area contributed by atoms with Crippen molar-refractivity contribution in [2.75, 3.05) is 18.8 Å². The van der Waals surface area contributed by atoms with Gasteiger partial charge in [0.2, 0.25) is 0 Å². The molecule has 23 heavy (non-hydrogen) atoms. The molecule has 0 aliphatic carbocycles. The van der Waals surface area contributed by atoms with Crippen molar-refractivity contribution in [3.63, 3.8) is 0 Å². The third kappa shape index (κ3) is 4.04. The van der Waals surface area contributed by atoms with E-state index in [1.807, 2.05) is 17.0 Å². The minimum Gasteiger partial charge on any atom is -0.384 e. The number of nitrogens with zero attached hydrogens (tertiary/aromatic N) is 3. The van der Waals surface area contributed by atoms with Crippen LogP contribution in [-0.2, 0) is 11.3 Å². The number of likely N-dealkylation sites (tertiary alicyclic amines) is 1. The van der Waals surface area contributed by atoms with Gasteiger partial charge in [-0.05, 0) is 36.6 Å². The van der Waals surface area contributed by atoms with E-state index in [2.05, 4.69) is 9.97 Å². The number of hydrogen-bond donors (Lipinski definition) is 1. The molecule has 3 rings (SSSR count). The van der Waals surface area contributed by atoms with E-state index in [4.69, 9.17) is 10.5 Å². The van der Waals surface area contributed by atoms with E-state index < -0.39 is 0 Å². The summed E-state index contributed by atoms with van der Waals surface area (Å²) in [5, 5.41) is 0. The zero-order chi connectivity index (χ0) is 16.1. The Balaban J connectivity index is 1.58. The summed E-state index contributed by atoms with van der Waals surface area (Å²) in [5.74, 6) is 0.339. The number of aromatic nitrogens is 2. The van der Waals surface area contributed by atoms with E-state index in [1.54, 1.807) is 30.7 Å². The van der Waals surface area contributed by atoms with E-state index in [-0.39, 0.29) is 12.0 Å². The van der Waals surface area contributed by atoms with Crippen molar-refractivity contribution < 1.29 is 9.53 Å². The summed E-state index contributed by atoms with van der Waals surface area (Å²) in [4.78, 5) is 22.4. The van der Waals surface area contributed by atoms with E-state index >= 15 is 0 Å². The maximum atomic E-state index is 12.5. The molecule has 2 N–H and O–H groups in total. The Hall–Kier alpha value is -2.47. The van der Waals surface area contributed by atoms with Gasteiger partial charge in [-0.3, -0.25) is 9.78 Å². The van der Waals surface area contributed by atoms with Crippen molar-refractivity contribution in [2.45, 2.75) is 25.6 Å². The summed E-state index contributed by atoms with van der Waals surface area (Å²) >= 11 is 0. The largest absolute Gasteiger partial charge is 0.384 e. The van der Waals surface area contributed by atoms with Crippen molar-refractivity contribution in [3.05, 3.63) is 54.0 Å². The average Bonchev–Trinajstić information content (AvgIpc) is 2.60. The second-order valence-electron chi connectivity index (χ2n) is 5.66. The van der Waals surface area contributed by atoms with E-state index in [0.717, 1.165) is 24.9 Å². The Morgan fingerprint density at radius 3 is 3.09 bits per heavy atom. The summed E-state index contributed by atoms with van der Waals surface area (Å²) in [6, 6.07) is 7.18. The highest BCUT2D eigenvalue weighted by atomic mass is 16.5. The second-order valence-corrected chi connectivity index (χ2v) is 5.66. The average molecular weight is 312 g/mol. The van der Waals surface area contributed by atoms with Crippen LogP contribution in [0.25, 0.3) is 0 Å². The van der Waals surface area contributed by atoms with Crippen LogP contribution in [0.5, 0.6) is 0 Å². The third-order valence-corrected chi connectivity index (χ3v) is 3.90. The first-order chi connectivity index (χ1) is 11.2. The number of carbonyl (C=O) groups is 1. The maximum absolute atomic E-state index is 12.5. The summed E-state index contributed by atoms with van der Waals surface area (Å²) < 4.78 is 5.94. The van der Waals surface area contributed by atoms with Gasteiger partial charge in [0.1, 0.15) is 5.82 Å². The van der Waals surface area contributed by atoms with Crippen molar-refractivity contribution in [1.82, 2.24) is 14.9 Å². The quantitative estimate of drug-likeness (QED) is 0.932. The lowest BCUT2D eigenvalue weighted by atomic mass is 10.1. The number of pyridine rings is 2. The summed E-state index contributed by atoms with van der Waals surface area (Å²) in [6.07, 6.45) is 7.04. The van der Waals surface area contributed by atoms with Gasteiger partial charge in [-0.25, -0.2) is 4.98 Å². The predicted molar refractivity (Wildman–Crippen MR) is 86.6 cm³/mol. The Kier molecular flexibility index (Phi) is 4.83. The number of piperidine rings is 1. The Morgan fingerprint density at radius 1 is 1.39 bits per heavy atom. The smallest absolute Gasteiger partial charge is 0.254 e. The molecule has 0 saturated carbocycles. The number of rotatable bonds is 4. The molecule has 1 atom stereocenters. The summed E-state index contributed by atoms with van der Waals surface area (Å²) in [7, 11) is 0. The molecule has 0 aromatic carbocycles. The highest BCUT2D eigenvalue weighted by molar-refractivity contribution is 5.94. The Labute approximate surface area is 135 Å². The van der Waals surface area contributed by atoms with Crippen molar-refractivity contribution >= 4 is 11.7 Å². The monoisotopic (exact) mass is 312 g/mol. The van der Waals surface area contributed by atoms with E-state index in [9.17, 15) is 4.79 Å². The fraction of sp³-hybridized carbons (Fsp3) is 0.353. The molecule has 1 fully saturated rings. The fourth-order valence-electron chi connectivity index (χ4n) is 2.72. The first-order valence-electron chi connectivity index (χ1n) is 7.73. The zero-order valence-electron chi connectivity index (χ0n) is 12.9. The van der Waals surface area contributed by atoms with Gasteiger partial charge in [0, 0.05) is 37.2 Å². The summed E-state index contributed by atoms with van der Waals surface area (Å²) in [6.45, 7) is 1.86. The zero-order valence-corrected chi connectivity index (χ0v) is 12.9. The molecule has 1 aliphatic heterocycles. The van der Waals surface area contributed by atoms with E-state index in [0.29, 0.717) is 24.5 Å². The number of carbonyl (C=O) groups excluding carboxylic acids is 1. The first kappa shape index (κ1) is 15.4. The van der Waals surface area contributed by atoms with Crippen LogP contribution in [-0.4, -0.2) is 40.0 Å². The van der Waals surface area contributed by atoms with Crippen LogP contribution in [0.3, 0.4) is 0 Å². The van der Waals surface area contributed by atoms with Gasteiger partial charge in [0.15, 0.2) is 0 Å². The van der Waals surface area contributed by atoms with Crippen LogP contribution in [0.4, 0.5) is 5.82 Å². The highest BCUT2D eigenvalue weighted by Crippen LogP contribution is 2.18. The maximum Gasteiger partial charge on any atom is 0.254 e. The van der Waals surface area contributed by atoms with Gasteiger partial charge in [0.25, 0.3) is 5.91 Å². The van der Waals surface area contributed by atoms with Crippen LogP contribution in [0, 0.1) is 0 Å². The predicted octanol–water partition coefficient (Wildman–Crippen LogP) is 1.88. The van der Waals surface area contributed by atoms with Crippen molar-refractivity contribution in [2.24, 2.45) is 0 Å². The molecule has 3 heterocycles. The van der Waals surface area contributed by atoms with Gasteiger partial charge in [-0.1, -0.05) is 6.07 Å². The van der Waals surface area contributed by atoms with Gasteiger partial charge < -0.3 is 15.4 Å². The number of nitrogen functional groups attached to an aromatic ring is 1. The van der Waals surface area contributed by atoms with Gasteiger partial charge >= 0.3 is 0 Å². The van der Waals surface area contributed by atoms with Crippen LogP contribution in [0.2, 0.25) is 0 Å². The Morgan fingerprint density at radius 2 is 2.30 bits per heavy atom. The van der Waals surface area contributed by atoms with Gasteiger partial charge in [-0.2, -0.15) is 0 Å². The van der Waals surface area contributed by atoms with Crippen molar-refractivity contribution in [1.29, 1.82) is 0 Å². The molecular weight excluding hydrogens is 292 g/mol. The number of ether oxygens (including phenoxy) is 1. The van der Waals surface area contributed by atoms with Crippen LogP contribution >= 0.6 is 0 Å². The molecule has 120 valence electrons. The molecule has 0 radical (unpaired) electrons. The van der Waals surface area contributed by atoms with Crippen LogP contribution < -0.4 is 5.73 Å². The normalized spacial score (nSPS) is 17.9. The minimum absolute atomic E-state index is 0.0197. The second kappa shape index (κ2) is 7.19. The topological polar surface area (TPSA) is 81.3 Å². The molecule has 2 aromatic rings. The Bertz CT molecular complexity index is 663. The van der Waals surface area contributed by atoms with Gasteiger partial charge in [0.05, 0.1) is 12.7 Å². The summed E-state index contributed by atoms with van der Waals surface area (Å²) in [5.41, 5.74) is 7.27. The number of anilines is 1. The molecular formula is C17H20N4O2.